The molecule has 0 amide bonds. The molecule has 31 heavy (non-hydrogen) atoms. The summed E-state index contributed by atoms with van der Waals surface area (Å²) >= 11 is 0. The van der Waals surface area contributed by atoms with Crippen LogP contribution in [0.1, 0.15) is 48.0 Å². The molecule has 4 rings (SSSR count). The summed E-state index contributed by atoms with van der Waals surface area (Å²) in [5.74, 6) is -3.14. The van der Waals surface area contributed by atoms with Gasteiger partial charge in [0.2, 0.25) is 0 Å². The van der Waals surface area contributed by atoms with Crippen LogP contribution in [0.15, 0.2) is 23.3 Å². The molecular weight excluding hydrogens is 400 g/mol. The number of Topliss-reactive ketones (excluding diaryl/α,β-unsaturated/α-hetero) is 1. The molecule has 176 valence electrons. The fraction of sp³-hybridized carbons (Fsp3) is 0.792. The van der Waals surface area contributed by atoms with Gasteiger partial charge in [-0.1, -0.05) is 32.9 Å². The molecule has 7 heteroatoms. The normalized spacial score (nSPS) is 47.1. The third kappa shape index (κ3) is 3.05. The minimum absolute atomic E-state index is 0.0615. The van der Waals surface area contributed by atoms with Crippen LogP contribution in [0.4, 0.5) is 0 Å². The number of hydrogen-bond acceptors (Lipinski definition) is 7. The molecule has 8 atom stereocenters. The van der Waals surface area contributed by atoms with Crippen LogP contribution in [0.2, 0.25) is 0 Å². The number of fused-ring (bicyclic) bond motifs is 5. The van der Waals surface area contributed by atoms with E-state index in [9.17, 15) is 30.3 Å². The maximum Gasteiger partial charge on any atom is 0.190 e. The van der Waals surface area contributed by atoms with Crippen LogP contribution in [-0.4, -0.2) is 74.0 Å². The quantitative estimate of drug-likeness (QED) is 0.416. The minimum atomic E-state index is -1.84. The highest BCUT2D eigenvalue weighted by molar-refractivity contribution is 6.04. The minimum Gasteiger partial charge on any atom is -0.392 e. The number of ether oxygens (including phenoxy) is 1. The first-order valence-electron chi connectivity index (χ1n) is 11.3. The Morgan fingerprint density at radius 2 is 1.71 bits per heavy atom. The Bertz CT molecular complexity index is 800. The summed E-state index contributed by atoms with van der Waals surface area (Å²) in [7, 11) is 0. The van der Waals surface area contributed by atoms with Crippen molar-refractivity contribution in [2.24, 2.45) is 29.1 Å². The molecule has 0 heterocycles. The van der Waals surface area contributed by atoms with E-state index in [1.165, 1.54) is 0 Å². The van der Waals surface area contributed by atoms with Crippen molar-refractivity contribution in [2.45, 2.75) is 70.9 Å². The Labute approximate surface area is 184 Å². The van der Waals surface area contributed by atoms with Gasteiger partial charge in [-0.05, 0) is 31.9 Å². The van der Waals surface area contributed by atoms with Gasteiger partial charge in [0.1, 0.15) is 11.2 Å². The first kappa shape index (κ1) is 24.6. The average molecular weight is 439 g/mol. The van der Waals surface area contributed by atoms with Gasteiger partial charge < -0.3 is 30.3 Å². The molecule has 0 unspecified atom stereocenters. The van der Waals surface area contributed by atoms with Crippen LogP contribution < -0.4 is 0 Å². The van der Waals surface area contributed by atoms with Gasteiger partial charge in [0.05, 0.1) is 18.3 Å². The Balaban J connectivity index is 0.000000491. The molecular formula is C24H38O7. The second kappa shape index (κ2) is 7.75. The lowest BCUT2D eigenvalue weighted by molar-refractivity contribution is -0.209. The monoisotopic (exact) mass is 438 g/mol. The van der Waals surface area contributed by atoms with Crippen LogP contribution in [0.25, 0.3) is 0 Å². The molecule has 4 aliphatic rings. The van der Waals surface area contributed by atoms with Crippen molar-refractivity contribution in [3.8, 4) is 0 Å². The summed E-state index contributed by atoms with van der Waals surface area (Å²) in [6, 6.07) is 0. The number of aliphatic hydroxyl groups excluding tert-OH is 2. The van der Waals surface area contributed by atoms with Crippen LogP contribution in [0, 0.1) is 29.1 Å². The number of rotatable bonds is 3. The van der Waals surface area contributed by atoms with Crippen LogP contribution in [-0.2, 0) is 9.53 Å². The van der Waals surface area contributed by atoms with Crippen LogP contribution >= 0.6 is 0 Å². The average Bonchev–Trinajstić information content (AvgIpc) is 3.11. The Hall–Kier alpha value is -1.09. The maximum atomic E-state index is 12.7. The highest BCUT2D eigenvalue weighted by Gasteiger charge is 2.84. The fourth-order valence-corrected chi connectivity index (χ4v) is 6.65. The smallest absolute Gasteiger partial charge is 0.190 e. The van der Waals surface area contributed by atoms with Crippen molar-refractivity contribution < 1.29 is 35.1 Å². The zero-order valence-electron chi connectivity index (χ0n) is 19.4. The lowest BCUT2D eigenvalue weighted by atomic mass is 9.59. The van der Waals surface area contributed by atoms with E-state index in [-0.39, 0.29) is 13.0 Å². The molecule has 2 fully saturated rings. The summed E-state index contributed by atoms with van der Waals surface area (Å²) in [5, 5.41) is 54.9. The Morgan fingerprint density at radius 1 is 1.13 bits per heavy atom. The van der Waals surface area contributed by atoms with Gasteiger partial charge in [0, 0.05) is 48.7 Å². The van der Waals surface area contributed by atoms with E-state index in [2.05, 4.69) is 0 Å². The molecule has 0 aliphatic heterocycles. The van der Waals surface area contributed by atoms with E-state index in [1.807, 2.05) is 27.7 Å². The highest BCUT2D eigenvalue weighted by Crippen LogP contribution is 2.74. The van der Waals surface area contributed by atoms with Gasteiger partial charge in [-0.2, -0.15) is 0 Å². The molecule has 7 nitrogen and oxygen atoms in total. The predicted molar refractivity (Wildman–Crippen MR) is 115 cm³/mol. The maximum absolute atomic E-state index is 12.7. The second-order valence-corrected chi connectivity index (χ2v) is 10.2. The van der Waals surface area contributed by atoms with Gasteiger partial charge >= 0.3 is 0 Å². The fourth-order valence-electron chi connectivity index (χ4n) is 6.65. The topological polar surface area (TPSA) is 127 Å². The van der Waals surface area contributed by atoms with Crippen molar-refractivity contribution in [2.75, 3.05) is 19.8 Å². The van der Waals surface area contributed by atoms with Crippen LogP contribution in [0.3, 0.4) is 0 Å². The van der Waals surface area contributed by atoms with Gasteiger partial charge in [-0.3, -0.25) is 4.79 Å². The first-order chi connectivity index (χ1) is 14.3. The molecule has 0 aromatic rings. The molecule has 0 radical (unpaired) electrons. The predicted octanol–water partition coefficient (Wildman–Crippen LogP) is 0.973. The van der Waals surface area contributed by atoms with Gasteiger partial charge in [-0.25, -0.2) is 0 Å². The third-order valence-corrected chi connectivity index (χ3v) is 8.45. The zero-order chi connectivity index (χ0) is 23.6. The third-order valence-electron chi connectivity index (χ3n) is 8.45. The van der Waals surface area contributed by atoms with Gasteiger partial charge in [-0.15, -0.1) is 0 Å². The molecule has 4 aliphatic carbocycles. The molecule has 0 bridgehead atoms. The highest BCUT2D eigenvalue weighted by atomic mass is 16.5. The zero-order valence-corrected chi connectivity index (χ0v) is 19.4. The SMILES string of the molecule is CC1=C[C@H]2[C@@]3(O)[C@H](C)[C@@H](O)[C@]4(O)[C@H]([C@@H]3C=C(CO)C[C@]2(O)C1=O)C4(C)C.CCOCC. The van der Waals surface area contributed by atoms with E-state index in [0.29, 0.717) is 11.1 Å². The molecule has 0 saturated heterocycles. The lowest BCUT2D eigenvalue weighted by Gasteiger charge is -2.51. The van der Waals surface area contributed by atoms with Crippen molar-refractivity contribution in [1.82, 2.24) is 0 Å². The molecule has 5 N–H and O–H groups in total. The standard InChI is InChI=1S/C20H28O6.C4H10O/c1-9-5-13-18(24,15(9)22)7-11(8-21)6-12-14-17(3,4)20(14,26)16(23)10(2)19(12,13)25;1-3-5-4-2/h5-6,10,12-14,16,21,23-26H,7-8H2,1-4H3;3-4H2,1-2H3/t10-,12+,13-,14-,16-,18-,19-,20-;/m1./s1. The van der Waals surface area contributed by atoms with Crippen LogP contribution in [0.5, 0.6) is 0 Å². The molecule has 0 aromatic heterocycles. The molecule has 2 saturated carbocycles. The van der Waals surface area contributed by atoms with Crippen molar-refractivity contribution in [1.29, 1.82) is 0 Å². The van der Waals surface area contributed by atoms with E-state index in [1.54, 1.807) is 26.0 Å². The van der Waals surface area contributed by atoms with Crippen molar-refractivity contribution in [3.63, 3.8) is 0 Å². The molecule has 0 aromatic carbocycles. The number of carbonyl (C=O) groups is 1. The van der Waals surface area contributed by atoms with E-state index < -0.39 is 57.8 Å². The second-order valence-electron chi connectivity index (χ2n) is 10.2. The van der Waals surface area contributed by atoms with E-state index in [0.717, 1.165) is 13.2 Å². The first-order valence-corrected chi connectivity index (χ1v) is 11.3. The van der Waals surface area contributed by atoms with Gasteiger partial charge in [0.15, 0.2) is 5.78 Å². The summed E-state index contributed by atoms with van der Waals surface area (Å²) in [6.07, 6.45) is 2.08. The number of carbonyl (C=O) groups excluding carboxylic acids is 1. The van der Waals surface area contributed by atoms with E-state index in [4.69, 9.17) is 4.74 Å². The number of aliphatic hydroxyl groups is 5. The summed E-state index contributed by atoms with van der Waals surface area (Å²) in [4.78, 5) is 12.7. The van der Waals surface area contributed by atoms with Crippen molar-refractivity contribution >= 4 is 5.78 Å². The summed E-state index contributed by atoms with van der Waals surface area (Å²) < 4.78 is 4.83. The Kier molecular flexibility index (Phi) is 6.14. The molecule has 0 spiro atoms. The lowest BCUT2D eigenvalue weighted by Crippen LogP contribution is -2.65. The summed E-state index contributed by atoms with van der Waals surface area (Å²) in [6.45, 7) is 12.3. The van der Waals surface area contributed by atoms with Crippen molar-refractivity contribution in [3.05, 3.63) is 23.3 Å². The Morgan fingerprint density at radius 3 is 2.19 bits per heavy atom. The number of hydrogen-bond donors (Lipinski definition) is 5. The van der Waals surface area contributed by atoms with Gasteiger partial charge in [0.25, 0.3) is 0 Å². The largest absolute Gasteiger partial charge is 0.392 e. The van der Waals surface area contributed by atoms with E-state index >= 15 is 0 Å². The number of ketones is 1. The summed E-state index contributed by atoms with van der Waals surface area (Å²) in [5.41, 5.74) is -4.57.